The average Bonchev–Trinajstić information content (AvgIpc) is 3.19. The molecule has 4 rings (SSSR count). The van der Waals surface area contributed by atoms with E-state index >= 15 is 0 Å². The van der Waals surface area contributed by atoms with E-state index in [0.29, 0.717) is 0 Å². The minimum Gasteiger partial charge on any atom is -0.497 e. The Morgan fingerprint density at radius 3 is 1.96 bits per heavy atom. The summed E-state index contributed by atoms with van der Waals surface area (Å²) in [5.41, 5.74) is 5.66. The smallest absolute Gasteiger partial charge is 0.183 e. The van der Waals surface area contributed by atoms with Crippen molar-refractivity contribution in [3.63, 3.8) is 0 Å². The van der Waals surface area contributed by atoms with Crippen LogP contribution in [-0.4, -0.2) is 19.1 Å². The van der Waals surface area contributed by atoms with Gasteiger partial charge in [0.2, 0.25) is 0 Å². The van der Waals surface area contributed by atoms with Crippen LogP contribution in [0.3, 0.4) is 0 Å². The van der Waals surface area contributed by atoms with E-state index in [2.05, 4.69) is 66.0 Å². The second kappa shape index (κ2) is 7.64. The summed E-state index contributed by atoms with van der Waals surface area (Å²) in [5.74, 6) is 0.844. The molecule has 0 fully saturated rings. The van der Waals surface area contributed by atoms with Gasteiger partial charge in [-0.15, -0.1) is 0 Å². The Kier molecular flexibility index (Phi) is 4.90. The Morgan fingerprint density at radius 1 is 0.741 bits per heavy atom. The van der Waals surface area contributed by atoms with Gasteiger partial charge in [0, 0.05) is 12.6 Å². The second-order valence-electron chi connectivity index (χ2n) is 6.12. The number of rotatable bonds is 5. The first-order valence-electron chi connectivity index (χ1n) is 8.77. The van der Waals surface area contributed by atoms with Crippen LogP contribution in [0.25, 0.3) is 32.8 Å². The normalized spacial score (nSPS) is 10.6. The highest BCUT2D eigenvalue weighted by Crippen LogP contribution is 2.39. The predicted molar refractivity (Wildman–Crippen MR) is 115 cm³/mol. The first kappa shape index (κ1) is 17.3. The van der Waals surface area contributed by atoms with Crippen LogP contribution in [0.4, 0.5) is 5.13 Å². The van der Waals surface area contributed by atoms with Crippen LogP contribution in [0.15, 0.2) is 78.9 Å². The number of anilines is 1. The van der Waals surface area contributed by atoms with Crippen molar-refractivity contribution >= 4 is 16.5 Å². The molecule has 4 aromatic rings. The molecule has 0 unspecified atom stereocenters. The lowest BCUT2D eigenvalue weighted by molar-refractivity contribution is 0.415. The topological polar surface area (TPSA) is 34.2 Å². The molecule has 3 aromatic carbocycles. The van der Waals surface area contributed by atoms with Crippen LogP contribution in [0.1, 0.15) is 0 Å². The summed E-state index contributed by atoms with van der Waals surface area (Å²) in [7, 11) is 3.58. The highest BCUT2D eigenvalue weighted by Gasteiger charge is 2.15. The maximum absolute atomic E-state index is 5.27. The molecule has 1 heterocycles. The number of benzene rings is 3. The fourth-order valence-corrected chi connectivity index (χ4v) is 3.96. The molecule has 0 radical (unpaired) electrons. The molecule has 1 aromatic heterocycles. The van der Waals surface area contributed by atoms with Gasteiger partial charge in [-0.05, 0) is 41.0 Å². The highest BCUT2D eigenvalue weighted by atomic mass is 32.1. The molecule has 0 aliphatic heterocycles. The van der Waals surface area contributed by atoms with Crippen molar-refractivity contribution in [2.75, 3.05) is 19.5 Å². The monoisotopic (exact) mass is 372 g/mol. The zero-order valence-corrected chi connectivity index (χ0v) is 16.1. The maximum Gasteiger partial charge on any atom is 0.183 e. The number of methoxy groups -OCH3 is 1. The Balaban J connectivity index is 1.73. The Bertz CT molecular complexity index is 1020. The summed E-state index contributed by atoms with van der Waals surface area (Å²) >= 11 is 1.67. The van der Waals surface area contributed by atoms with Crippen LogP contribution < -0.4 is 10.1 Å². The maximum atomic E-state index is 5.27. The summed E-state index contributed by atoms with van der Waals surface area (Å²) in [6.45, 7) is 0. The van der Waals surface area contributed by atoms with Crippen molar-refractivity contribution < 1.29 is 4.74 Å². The number of nitrogens with one attached hydrogen (secondary N) is 1. The zero-order chi connectivity index (χ0) is 18.6. The molecule has 0 bridgehead atoms. The fourth-order valence-electron chi connectivity index (χ4n) is 3.01. The molecule has 0 aliphatic carbocycles. The average molecular weight is 372 g/mol. The van der Waals surface area contributed by atoms with E-state index in [1.165, 1.54) is 16.7 Å². The second-order valence-corrected chi connectivity index (χ2v) is 7.12. The Hall–Kier alpha value is -3.11. The first-order chi connectivity index (χ1) is 13.3. The predicted octanol–water partition coefficient (Wildman–Crippen LogP) is 6.19. The molecule has 27 heavy (non-hydrogen) atoms. The highest BCUT2D eigenvalue weighted by molar-refractivity contribution is 7.19. The number of hydrogen-bond donors (Lipinski definition) is 1. The van der Waals surface area contributed by atoms with Gasteiger partial charge in [-0.2, -0.15) is 0 Å². The standard InChI is InChI=1S/C23H20N2OS/c1-24-23-25-21(18-12-14-20(26-2)15-13-18)22(27-23)19-10-8-17(9-11-19)16-6-4-3-5-7-16/h3-15H,1-2H3,(H,24,25). The molecular weight excluding hydrogens is 352 g/mol. The third kappa shape index (κ3) is 3.57. The van der Waals surface area contributed by atoms with E-state index in [1.54, 1.807) is 18.4 Å². The van der Waals surface area contributed by atoms with Crippen LogP contribution >= 0.6 is 11.3 Å². The van der Waals surface area contributed by atoms with Crippen LogP contribution in [-0.2, 0) is 0 Å². The number of nitrogens with zero attached hydrogens (tertiary/aromatic N) is 1. The van der Waals surface area contributed by atoms with Gasteiger partial charge in [0.1, 0.15) is 5.75 Å². The minimum atomic E-state index is 0.844. The molecule has 0 saturated carbocycles. The van der Waals surface area contributed by atoms with Gasteiger partial charge in [0.05, 0.1) is 17.7 Å². The van der Waals surface area contributed by atoms with Crippen molar-refractivity contribution in [1.29, 1.82) is 0 Å². The van der Waals surface area contributed by atoms with Gasteiger partial charge in [-0.25, -0.2) is 4.98 Å². The van der Waals surface area contributed by atoms with Crippen molar-refractivity contribution in [3.8, 4) is 38.6 Å². The van der Waals surface area contributed by atoms with E-state index < -0.39 is 0 Å². The lowest BCUT2D eigenvalue weighted by atomic mass is 10.0. The first-order valence-corrected chi connectivity index (χ1v) is 9.59. The van der Waals surface area contributed by atoms with Crippen LogP contribution in [0.5, 0.6) is 5.75 Å². The summed E-state index contributed by atoms with van der Waals surface area (Å²) in [6.07, 6.45) is 0. The molecule has 3 nitrogen and oxygen atoms in total. The van der Waals surface area contributed by atoms with Crippen molar-refractivity contribution in [2.45, 2.75) is 0 Å². The molecule has 0 atom stereocenters. The zero-order valence-electron chi connectivity index (χ0n) is 15.3. The lowest BCUT2D eigenvalue weighted by Gasteiger charge is -2.06. The molecule has 0 saturated heterocycles. The van der Waals surface area contributed by atoms with Crippen LogP contribution in [0, 0.1) is 0 Å². The Labute approximate surface area is 163 Å². The number of hydrogen-bond acceptors (Lipinski definition) is 4. The van der Waals surface area contributed by atoms with Crippen molar-refractivity contribution in [1.82, 2.24) is 4.98 Å². The summed E-state index contributed by atoms with van der Waals surface area (Å²) in [5, 5.41) is 4.08. The van der Waals surface area contributed by atoms with Gasteiger partial charge in [0.25, 0.3) is 0 Å². The minimum absolute atomic E-state index is 0.844. The van der Waals surface area contributed by atoms with E-state index in [9.17, 15) is 0 Å². The van der Waals surface area contributed by atoms with Gasteiger partial charge in [-0.1, -0.05) is 65.9 Å². The summed E-state index contributed by atoms with van der Waals surface area (Å²) < 4.78 is 5.27. The van der Waals surface area contributed by atoms with Crippen molar-refractivity contribution in [2.24, 2.45) is 0 Å². The van der Waals surface area contributed by atoms with E-state index in [0.717, 1.165) is 27.0 Å². The molecule has 4 heteroatoms. The molecule has 0 amide bonds. The van der Waals surface area contributed by atoms with Gasteiger partial charge < -0.3 is 10.1 Å². The summed E-state index contributed by atoms with van der Waals surface area (Å²) in [6, 6.07) is 27.1. The molecular formula is C23H20N2OS. The van der Waals surface area contributed by atoms with Gasteiger partial charge in [0.15, 0.2) is 5.13 Å². The van der Waals surface area contributed by atoms with Gasteiger partial charge >= 0.3 is 0 Å². The van der Waals surface area contributed by atoms with E-state index in [-0.39, 0.29) is 0 Å². The SMILES string of the molecule is CNc1nc(-c2ccc(OC)cc2)c(-c2ccc(-c3ccccc3)cc2)s1. The van der Waals surface area contributed by atoms with E-state index in [1.807, 2.05) is 25.2 Å². The number of ether oxygens (including phenoxy) is 1. The summed E-state index contributed by atoms with van der Waals surface area (Å²) in [4.78, 5) is 5.93. The third-order valence-corrected chi connectivity index (χ3v) is 5.58. The molecule has 134 valence electrons. The largest absolute Gasteiger partial charge is 0.497 e. The number of aromatic nitrogens is 1. The third-order valence-electron chi connectivity index (χ3n) is 4.46. The molecule has 0 spiro atoms. The van der Waals surface area contributed by atoms with E-state index in [4.69, 9.17) is 9.72 Å². The van der Waals surface area contributed by atoms with Crippen LogP contribution in [0.2, 0.25) is 0 Å². The van der Waals surface area contributed by atoms with Crippen molar-refractivity contribution in [3.05, 3.63) is 78.9 Å². The fraction of sp³-hybridized carbons (Fsp3) is 0.0870. The van der Waals surface area contributed by atoms with Gasteiger partial charge in [-0.3, -0.25) is 0 Å². The molecule has 1 N–H and O–H groups in total. The molecule has 0 aliphatic rings. The lowest BCUT2D eigenvalue weighted by Crippen LogP contribution is -1.87. The quantitative estimate of drug-likeness (QED) is 0.453. The Morgan fingerprint density at radius 2 is 1.33 bits per heavy atom. The number of thiazole rings is 1.